The van der Waals surface area contributed by atoms with E-state index >= 15 is 0 Å². The standard InChI is InChI=1S/C28H30Si/c1-5-19(2)26-18-28(24-13-9-8-12-22(24)26)29(3,4)27-17-16-23-21-11-7-6-10-20(21)14-15-25(23)27/h6-19,27-28H,5H2,1-4H3. The zero-order valence-corrected chi connectivity index (χ0v) is 18.9. The molecule has 2 aliphatic carbocycles. The Morgan fingerprint density at radius 3 is 2.45 bits per heavy atom. The Kier molecular flexibility index (Phi) is 4.40. The van der Waals surface area contributed by atoms with Crippen LogP contribution in [0.15, 0.2) is 72.8 Å². The summed E-state index contributed by atoms with van der Waals surface area (Å²) in [5, 5.41) is 2.75. The first kappa shape index (κ1) is 18.6. The van der Waals surface area contributed by atoms with Crippen molar-refractivity contribution >= 4 is 30.5 Å². The van der Waals surface area contributed by atoms with E-state index in [1.54, 1.807) is 16.7 Å². The fraction of sp³-hybridized carbons (Fsp3) is 0.286. The SMILES string of the molecule is CCC(C)C1=CC([Si](C)(C)C2C=Cc3c2ccc2ccccc32)c2ccccc21. The van der Waals surface area contributed by atoms with Gasteiger partial charge in [-0.05, 0) is 62.0 Å². The summed E-state index contributed by atoms with van der Waals surface area (Å²) in [6, 6.07) is 22.7. The van der Waals surface area contributed by atoms with Gasteiger partial charge in [0.25, 0.3) is 0 Å². The van der Waals surface area contributed by atoms with E-state index in [0.717, 1.165) is 0 Å². The average molecular weight is 395 g/mol. The molecule has 2 aliphatic rings. The van der Waals surface area contributed by atoms with E-state index < -0.39 is 8.07 Å². The Labute approximate surface area is 176 Å². The third-order valence-electron chi connectivity index (χ3n) is 7.49. The topological polar surface area (TPSA) is 0 Å². The van der Waals surface area contributed by atoms with Crippen LogP contribution in [0.3, 0.4) is 0 Å². The Morgan fingerprint density at radius 1 is 0.862 bits per heavy atom. The number of rotatable bonds is 4. The summed E-state index contributed by atoms with van der Waals surface area (Å²) >= 11 is 0. The summed E-state index contributed by atoms with van der Waals surface area (Å²) in [6.45, 7) is 9.90. The van der Waals surface area contributed by atoms with Crippen LogP contribution < -0.4 is 0 Å². The van der Waals surface area contributed by atoms with Crippen molar-refractivity contribution in [2.75, 3.05) is 0 Å². The van der Waals surface area contributed by atoms with Crippen molar-refractivity contribution in [1.29, 1.82) is 0 Å². The highest BCUT2D eigenvalue weighted by molar-refractivity contribution is 6.81. The Morgan fingerprint density at radius 2 is 1.62 bits per heavy atom. The normalized spacial score (nSPS) is 21.2. The molecule has 3 unspecified atom stereocenters. The molecule has 0 bridgehead atoms. The third kappa shape index (κ3) is 2.79. The second kappa shape index (κ2) is 6.85. The number of hydrogen-bond acceptors (Lipinski definition) is 0. The van der Waals surface area contributed by atoms with Crippen LogP contribution in [0.4, 0.5) is 0 Å². The lowest BCUT2D eigenvalue weighted by molar-refractivity contribution is 0.718. The van der Waals surface area contributed by atoms with Gasteiger partial charge in [0, 0.05) is 0 Å². The monoisotopic (exact) mass is 394 g/mol. The van der Waals surface area contributed by atoms with Crippen molar-refractivity contribution in [1.82, 2.24) is 0 Å². The molecule has 0 nitrogen and oxygen atoms in total. The fourth-order valence-electron chi connectivity index (χ4n) is 5.56. The molecule has 5 rings (SSSR count). The maximum Gasteiger partial charge on any atom is 0.0715 e. The molecular weight excluding hydrogens is 364 g/mol. The van der Waals surface area contributed by atoms with Crippen molar-refractivity contribution in [3.05, 3.63) is 95.1 Å². The lowest BCUT2D eigenvalue weighted by Gasteiger charge is -2.35. The van der Waals surface area contributed by atoms with Gasteiger partial charge in [0.2, 0.25) is 0 Å². The molecule has 3 atom stereocenters. The zero-order chi connectivity index (χ0) is 20.2. The molecule has 0 saturated heterocycles. The minimum Gasteiger partial charge on any atom is -0.0791 e. The smallest absolute Gasteiger partial charge is 0.0715 e. The van der Waals surface area contributed by atoms with Gasteiger partial charge in [0.1, 0.15) is 0 Å². The lowest BCUT2D eigenvalue weighted by Crippen LogP contribution is -2.40. The van der Waals surface area contributed by atoms with Gasteiger partial charge in [0.15, 0.2) is 0 Å². The first-order valence-corrected chi connectivity index (χ1v) is 14.2. The highest BCUT2D eigenvalue weighted by atomic mass is 28.3. The highest BCUT2D eigenvalue weighted by Crippen LogP contribution is 2.51. The largest absolute Gasteiger partial charge is 0.0791 e. The van der Waals surface area contributed by atoms with Crippen LogP contribution in [0, 0.1) is 5.92 Å². The number of benzene rings is 3. The summed E-state index contributed by atoms with van der Waals surface area (Å²) in [4.78, 5) is 0. The van der Waals surface area contributed by atoms with Crippen molar-refractivity contribution in [3.63, 3.8) is 0 Å². The van der Waals surface area contributed by atoms with Crippen molar-refractivity contribution in [3.8, 4) is 0 Å². The summed E-state index contributed by atoms with van der Waals surface area (Å²) in [5.41, 5.74) is 8.79. The van der Waals surface area contributed by atoms with Crippen molar-refractivity contribution in [2.24, 2.45) is 5.92 Å². The Hall–Kier alpha value is -2.38. The summed E-state index contributed by atoms with van der Waals surface area (Å²) < 4.78 is 0. The molecule has 3 aromatic carbocycles. The fourth-order valence-corrected chi connectivity index (χ4v) is 9.26. The van der Waals surface area contributed by atoms with Gasteiger partial charge < -0.3 is 0 Å². The molecule has 29 heavy (non-hydrogen) atoms. The number of hydrogen-bond donors (Lipinski definition) is 0. The van der Waals surface area contributed by atoms with Crippen LogP contribution in [0.25, 0.3) is 22.4 Å². The minimum atomic E-state index is -1.69. The second-order valence-corrected chi connectivity index (χ2v) is 14.3. The van der Waals surface area contributed by atoms with Crippen LogP contribution in [0.5, 0.6) is 0 Å². The highest BCUT2D eigenvalue weighted by Gasteiger charge is 2.44. The molecule has 0 radical (unpaired) electrons. The summed E-state index contributed by atoms with van der Waals surface area (Å²) in [5.74, 6) is 0.626. The maximum atomic E-state index is 2.65. The molecule has 0 spiro atoms. The van der Waals surface area contributed by atoms with E-state index in [4.69, 9.17) is 0 Å². The van der Waals surface area contributed by atoms with Gasteiger partial charge in [-0.2, -0.15) is 0 Å². The first-order chi connectivity index (χ1) is 14.0. The first-order valence-electron chi connectivity index (χ1n) is 11.0. The number of fused-ring (bicyclic) bond motifs is 4. The molecule has 0 fully saturated rings. The predicted octanol–water partition coefficient (Wildman–Crippen LogP) is 7.96. The average Bonchev–Trinajstić information content (AvgIpc) is 3.36. The van der Waals surface area contributed by atoms with Crippen LogP contribution in [-0.4, -0.2) is 8.07 Å². The van der Waals surface area contributed by atoms with Crippen molar-refractivity contribution < 1.29 is 0 Å². The van der Waals surface area contributed by atoms with E-state index in [9.17, 15) is 0 Å². The van der Waals surface area contributed by atoms with Crippen LogP contribution in [0.2, 0.25) is 13.1 Å². The molecule has 0 amide bonds. The minimum absolute atomic E-state index is 0.563. The van der Waals surface area contributed by atoms with Gasteiger partial charge in [-0.15, -0.1) is 0 Å². The molecule has 1 heteroatoms. The predicted molar refractivity (Wildman–Crippen MR) is 130 cm³/mol. The number of allylic oxidation sites excluding steroid dienone is 3. The van der Waals surface area contributed by atoms with Gasteiger partial charge in [-0.1, -0.05) is 106 Å². The molecular formula is C28H30Si. The van der Waals surface area contributed by atoms with Gasteiger partial charge >= 0.3 is 0 Å². The Bertz CT molecular complexity index is 1150. The molecule has 0 aliphatic heterocycles. The van der Waals surface area contributed by atoms with Crippen LogP contribution >= 0.6 is 0 Å². The summed E-state index contributed by atoms with van der Waals surface area (Å²) in [7, 11) is -1.69. The van der Waals surface area contributed by atoms with E-state index in [1.807, 2.05) is 0 Å². The van der Waals surface area contributed by atoms with Crippen molar-refractivity contribution in [2.45, 2.75) is 44.4 Å². The molecule has 0 aromatic heterocycles. The van der Waals surface area contributed by atoms with Gasteiger partial charge in [-0.25, -0.2) is 0 Å². The van der Waals surface area contributed by atoms with Crippen LogP contribution in [-0.2, 0) is 0 Å². The van der Waals surface area contributed by atoms with Gasteiger partial charge in [0.05, 0.1) is 8.07 Å². The van der Waals surface area contributed by atoms with Crippen LogP contribution in [0.1, 0.15) is 53.6 Å². The zero-order valence-electron chi connectivity index (χ0n) is 17.9. The molecule has 0 saturated carbocycles. The van der Waals surface area contributed by atoms with E-state index in [1.165, 1.54) is 28.3 Å². The van der Waals surface area contributed by atoms with E-state index in [0.29, 0.717) is 17.0 Å². The Balaban J connectivity index is 1.61. The second-order valence-electron chi connectivity index (χ2n) is 9.44. The lowest BCUT2D eigenvalue weighted by atomic mass is 9.93. The van der Waals surface area contributed by atoms with E-state index in [-0.39, 0.29) is 0 Å². The molecule has 0 N–H and O–H groups in total. The maximum absolute atomic E-state index is 2.65. The molecule has 3 aromatic rings. The quantitative estimate of drug-likeness (QED) is 0.394. The van der Waals surface area contributed by atoms with E-state index in [2.05, 4.69) is 106 Å². The van der Waals surface area contributed by atoms with Gasteiger partial charge in [-0.3, -0.25) is 0 Å². The summed E-state index contributed by atoms with van der Waals surface area (Å²) in [6.07, 6.45) is 8.77. The third-order valence-corrected chi connectivity index (χ3v) is 11.7. The molecule has 146 valence electrons. The molecule has 0 heterocycles.